The maximum absolute atomic E-state index is 0. The van der Waals surface area contributed by atoms with Crippen LogP contribution in [0.1, 0.15) is 0 Å². The molecule has 0 saturated heterocycles. The molecule has 15 N–H and O–H groups in total. The fourth-order valence-electron chi connectivity index (χ4n) is 0. The Bertz CT molecular complexity index is 8.49. The van der Waals surface area contributed by atoms with Crippen molar-refractivity contribution in [3.63, 3.8) is 0 Å². The van der Waals surface area contributed by atoms with Gasteiger partial charge in [0.25, 0.3) is 0 Å². The largest absolute Gasteiger partial charge is 0.412 e. The predicted molar refractivity (Wildman–Crippen MR) is 26.7 cm³/mol. The van der Waals surface area contributed by atoms with Crippen molar-refractivity contribution >= 4 is 0 Å². The average Bonchev–Trinajstić information content (AvgIpc) is 0. The van der Waals surface area contributed by atoms with E-state index in [0.29, 0.717) is 0 Å². The second kappa shape index (κ2) is 1820. The number of rotatable bonds is 0. The topological polar surface area (TPSA) is 224 Å². The third kappa shape index (κ3) is 1120. The van der Waals surface area contributed by atoms with Gasteiger partial charge in [-0.15, -0.1) is 0 Å². The van der Waals surface area contributed by atoms with Crippen LogP contribution in [0.5, 0.6) is 0 Å². The Morgan fingerprint density at radius 1 is 0.375 bits per heavy atom. The smallest absolute Gasteiger partial charge is 0 e. The quantitative estimate of drug-likeness (QED) is 0.455. The predicted octanol–water partition coefficient (Wildman–Crippen LogP) is -4.79. The molecule has 0 aromatic rings. The van der Waals surface area contributed by atoms with E-state index in [0.717, 1.165) is 0 Å². The van der Waals surface area contributed by atoms with Crippen molar-refractivity contribution in [1.29, 1.82) is 0 Å². The maximum atomic E-state index is 0. The summed E-state index contributed by atoms with van der Waals surface area (Å²) in [5.41, 5.74) is 0. The molecular weight excluding hydrogens is 305 g/mol. The van der Waals surface area contributed by atoms with E-state index in [1.807, 2.05) is 0 Å². The third-order valence-corrected chi connectivity index (χ3v) is 0. The minimum atomic E-state index is 0. The van der Waals surface area contributed by atoms with Gasteiger partial charge in [0.2, 0.25) is 0 Å². The van der Waals surface area contributed by atoms with Gasteiger partial charge in [0.15, 0.2) is 0 Å². The van der Waals surface area contributed by atoms with E-state index in [1.54, 1.807) is 0 Å². The van der Waals surface area contributed by atoms with Crippen molar-refractivity contribution in [3.8, 4) is 0 Å². The van der Waals surface area contributed by atoms with Gasteiger partial charge in [-0.2, -0.15) is 0 Å². The van der Waals surface area contributed by atoms with Crippen LogP contribution in [0.15, 0.2) is 0 Å². The van der Waals surface area contributed by atoms with Gasteiger partial charge >= 0.3 is 0 Å². The van der Waals surface area contributed by atoms with Gasteiger partial charge < -0.3 is 39.0 Å². The van der Waals surface area contributed by atoms with Crippen LogP contribution in [-0.2, 0) is 21.1 Å². The molecule has 0 aliphatic rings. The molecule has 0 aliphatic carbocycles. The van der Waals surface area contributed by atoms with Crippen LogP contribution in [0.4, 0.5) is 0 Å². The van der Waals surface area contributed by atoms with Crippen molar-refractivity contribution in [1.82, 2.24) is 6.15 Å². The van der Waals surface area contributed by atoms with Crippen molar-refractivity contribution in [2.75, 3.05) is 0 Å². The van der Waals surface area contributed by atoms with Crippen molar-refractivity contribution in [3.05, 3.63) is 0 Å². The first-order valence-corrected chi connectivity index (χ1v) is 0. The monoisotopic (exact) mass is 320 g/mol. The summed E-state index contributed by atoms with van der Waals surface area (Å²) >= 11 is 0. The van der Waals surface area contributed by atoms with Crippen molar-refractivity contribution < 1.29 is 53.9 Å². The van der Waals surface area contributed by atoms with E-state index in [1.165, 1.54) is 0 Å². The SMILES string of the molecule is N.O.O.O.O.O.O.[Pt]. The molecule has 7 nitrogen and oxygen atoms in total. The molecule has 0 fully saturated rings. The van der Waals surface area contributed by atoms with Crippen LogP contribution in [0.25, 0.3) is 0 Å². The summed E-state index contributed by atoms with van der Waals surface area (Å²) in [7, 11) is 0. The molecule has 0 radical (unpaired) electrons. The van der Waals surface area contributed by atoms with Crippen molar-refractivity contribution in [2.45, 2.75) is 0 Å². The van der Waals surface area contributed by atoms with Crippen LogP contribution in [0.3, 0.4) is 0 Å². The second-order valence-corrected chi connectivity index (χ2v) is 0. The van der Waals surface area contributed by atoms with Gasteiger partial charge in [0.05, 0.1) is 0 Å². The molecule has 0 aliphatic heterocycles. The first-order chi connectivity index (χ1) is 0. The van der Waals surface area contributed by atoms with Crippen LogP contribution < -0.4 is 6.15 Å². The molecule has 0 saturated carbocycles. The fraction of sp³-hybridized carbons (Fsp3) is 0. The zero-order valence-corrected chi connectivity index (χ0v) is 6.30. The molecule has 0 amide bonds. The summed E-state index contributed by atoms with van der Waals surface area (Å²) in [6.45, 7) is 0. The summed E-state index contributed by atoms with van der Waals surface area (Å²) < 4.78 is 0. The summed E-state index contributed by atoms with van der Waals surface area (Å²) in [5, 5.41) is 0. The van der Waals surface area contributed by atoms with E-state index in [2.05, 4.69) is 0 Å². The molecule has 8 heteroatoms. The first-order valence-electron chi connectivity index (χ1n) is 0. The molecule has 0 heterocycles. The number of hydrogen-bond acceptors (Lipinski definition) is 1. The Hall–Kier alpha value is 0.408. The summed E-state index contributed by atoms with van der Waals surface area (Å²) in [6.07, 6.45) is 0. The minimum absolute atomic E-state index is 0. The van der Waals surface area contributed by atoms with E-state index in [9.17, 15) is 0 Å². The van der Waals surface area contributed by atoms with Crippen LogP contribution in [0.2, 0.25) is 0 Å². The van der Waals surface area contributed by atoms with E-state index in [-0.39, 0.29) is 60.1 Å². The molecule has 66 valence electrons. The average molecular weight is 320 g/mol. The van der Waals surface area contributed by atoms with E-state index in [4.69, 9.17) is 0 Å². The Morgan fingerprint density at radius 3 is 0.375 bits per heavy atom. The first kappa shape index (κ1) is 2770. The Balaban J connectivity index is 0. The van der Waals surface area contributed by atoms with Crippen molar-refractivity contribution in [2.24, 2.45) is 0 Å². The fourth-order valence-corrected chi connectivity index (χ4v) is 0. The molecule has 0 aromatic carbocycles. The van der Waals surface area contributed by atoms with Gasteiger partial charge in [-0.3, -0.25) is 0 Å². The van der Waals surface area contributed by atoms with Gasteiger partial charge in [-0.25, -0.2) is 0 Å². The summed E-state index contributed by atoms with van der Waals surface area (Å²) in [6, 6.07) is 0. The Morgan fingerprint density at radius 2 is 0.375 bits per heavy atom. The van der Waals surface area contributed by atoms with Crippen LogP contribution in [0, 0.1) is 0 Å². The van der Waals surface area contributed by atoms with E-state index < -0.39 is 0 Å². The van der Waals surface area contributed by atoms with Crippen LogP contribution in [-0.4, -0.2) is 32.9 Å². The molecule has 0 rings (SSSR count). The van der Waals surface area contributed by atoms with Gasteiger partial charge in [0.1, 0.15) is 0 Å². The third-order valence-electron chi connectivity index (χ3n) is 0. The molecule has 0 unspecified atom stereocenters. The molecular formula is H15NO6Pt. The normalized spacial score (nSPS) is 0. The van der Waals surface area contributed by atoms with Crippen LogP contribution >= 0.6 is 0 Å². The van der Waals surface area contributed by atoms with E-state index >= 15 is 0 Å². The van der Waals surface area contributed by atoms with Gasteiger partial charge in [-0.05, 0) is 0 Å². The van der Waals surface area contributed by atoms with Gasteiger partial charge in [-0.1, -0.05) is 0 Å². The summed E-state index contributed by atoms with van der Waals surface area (Å²) in [5.74, 6) is 0. The standard InChI is InChI=1S/H3N.6H2O.Pt/h1H3;6*1H2;. The maximum Gasteiger partial charge on any atom is 0 e. The zero-order valence-electron chi connectivity index (χ0n) is 4.02. The number of hydrogen-bond donors (Lipinski definition) is 1. The molecule has 0 spiro atoms. The Kier molecular flexibility index (Phi) is 631000. The Labute approximate surface area is 60.8 Å². The molecule has 8 heavy (non-hydrogen) atoms. The second-order valence-electron chi connectivity index (χ2n) is 0. The molecule has 0 bridgehead atoms. The molecule has 0 atom stereocenters. The zero-order chi connectivity index (χ0) is 0. The molecule has 0 aromatic heterocycles. The summed E-state index contributed by atoms with van der Waals surface area (Å²) in [4.78, 5) is 0. The van der Waals surface area contributed by atoms with Gasteiger partial charge in [0, 0.05) is 21.1 Å². The minimum Gasteiger partial charge on any atom is -0.412 e.